The zero-order valence-electron chi connectivity index (χ0n) is 56.1. The summed E-state index contributed by atoms with van der Waals surface area (Å²) in [5.41, 5.74) is 6.78. The van der Waals surface area contributed by atoms with Crippen molar-refractivity contribution in [3.8, 4) is 0 Å². The van der Waals surface area contributed by atoms with Crippen LogP contribution in [0.25, 0.3) is 0 Å². The predicted octanol–water partition coefficient (Wildman–Crippen LogP) is 5.99. The van der Waals surface area contributed by atoms with Gasteiger partial charge >= 0.3 is 12.1 Å². The first-order valence-corrected chi connectivity index (χ1v) is 31.8. The molecule has 0 radical (unpaired) electrons. The fraction of sp³-hybridized carbons (Fsp3) is 0.667. The van der Waals surface area contributed by atoms with Crippen LogP contribution in [-0.4, -0.2) is 175 Å². The van der Waals surface area contributed by atoms with Crippen LogP contribution in [0.3, 0.4) is 0 Å². The van der Waals surface area contributed by atoms with Gasteiger partial charge in [-0.25, -0.2) is 9.59 Å². The zero-order valence-corrected chi connectivity index (χ0v) is 56.1. The van der Waals surface area contributed by atoms with Crippen molar-refractivity contribution in [1.29, 1.82) is 0 Å². The second-order valence-electron chi connectivity index (χ2n) is 25.3. The highest BCUT2D eigenvalue weighted by Crippen LogP contribution is 2.30. The fourth-order valence-corrected chi connectivity index (χ4v) is 11.4. The number of amides is 10. The summed E-state index contributed by atoms with van der Waals surface area (Å²) in [5, 5.41) is 27.6. The van der Waals surface area contributed by atoms with Crippen LogP contribution in [0.5, 0.6) is 0 Å². The summed E-state index contributed by atoms with van der Waals surface area (Å²) in [6.07, 6.45) is -0.407. The second kappa shape index (κ2) is 37.9. The van der Waals surface area contributed by atoms with Crippen molar-refractivity contribution < 1.29 is 67.3 Å². The number of aliphatic hydroxyl groups excluding tert-OH is 1. The molecule has 2 aromatic rings. The molecule has 1 aliphatic rings. The number of ether oxygens (including phenoxy) is 3. The van der Waals surface area contributed by atoms with E-state index in [1.54, 1.807) is 122 Å². The number of benzene rings is 2. The average Bonchev–Trinajstić information content (AvgIpc) is 1.78. The highest BCUT2D eigenvalue weighted by molar-refractivity contribution is 5.98. The molecule has 24 nitrogen and oxygen atoms in total. The fourth-order valence-electron chi connectivity index (χ4n) is 11.4. The van der Waals surface area contributed by atoms with Gasteiger partial charge in [0.15, 0.2) is 0 Å². The number of hydrogen-bond acceptors (Lipinski definition) is 14. The maximum Gasteiger partial charge on any atom is 0.410 e. The van der Waals surface area contributed by atoms with E-state index >= 15 is 0 Å². The van der Waals surface area contributed by atoms with E-state index in [-0.39, 0.29) is 80.6 Å². The van der Waals surface area contributed by atoms with Gasteiger partial charge in [0.2, 0.25) is 41.4 Å². The van der Waals surface area contributed by atoms with E-state index in [0.717, 1.165) is 0 Å². The molecule has 3 rings (SSSR count). The Morgan fingerprint density at radius 1 is 0.711 bits per heavy atom. The van der Waals surface area contributed by atoms with Crippen molar-refractivity contribution >= 4 is 64.9 Å². The summed E-state index contributed by atoms with van der Waals surface area (Å²) in [4.78, 5) is 139. The number of urea groups is 1. The normalized spacial score (nSPS) is 16.9. The van der Waals surface area contributed by atoms with Gasteiger partial charge in [-0.2, -0.15) is 0 Å². The van der Waals surface area contributed by atoms with E-state index in [1.165, 1.54) is 26.2 Å². The SMILES string of the molecule is CC[C@H](C)[C@@H]([C@@H](CC(=O)N1CCC[C@H]1[C@H](OC)[C@@H](C)C(=O)N[C@H](C)C(O)c1ccccc1)OC)N(C)C(=O)[C@@H](NC(=O)C(C(C)C)N(C)C(=O)OCc1ccc(NC(=O)[C@H](CCCNC(N)=O)NC(=O)[C@@H](NC(=O)CCCC(=O)C(C)C)C(C)C)cc1)C(C)C. The molecule has 90 heavy (non-hydrogen) atoms. The molecule has 1 heterocycles. The topological polar surface area (TPSA) is 327 Å². The van der Waals surface area contributed by atoms with Gasteiger partial charge in [-0.05, 0) is 86.0 Å². The van der Waals surface area contributed by atoms with E-state index in [2.05, 4.69) is 31.9 Å². The lowest BCUT2D eigenvalue weighted by molar-refractivity contribution is -0.148. The minimum absolute atomic E-state index is 0.0362. The largest absolute Gasteiger partial charge is 0.445 e. The Morgan fingerprint density at radius 2 is 1.34 bits per heavy atom. The van der Waals surface area contributed by atoms with Crippen molar-refractivity contribution in [2.24, 2.45) is 41.2 Å². The Morgan fingerprint density at radius 3 is 1.90 bits per heavy atom. The predicted molar refractivity (Wildman–Crippen MR) is 343 cm³/mol. The number of ketones is 1. The first-order valence-electron chi connectivity index (χ1n) is 31.8. The van der Waals surface area contributed by atoms with Crippen LogP contribution in [-0.2, 0) is 59.2 Å². The molecule has 9 N–H and O–H groups in total. The van der Waals surface area contributed by atoms with Crippen molar-refractivity contribution in [3.05, 3.63) is 65.7 Å². The number of nitrogens with one attached hydrogen (secondary N) is 6. The van der Waals surface area contributed by atoms with E-state index in [4.69, 9.17) is 19.9 Å². The van der Waals surface area contributed by atoms with Gasteiger partial charge in [0.1, 0.15) is 36.6 Å². The number of hydrogen-bond donors (Lipinski definition) is 8. The zero-order chi connectivity index (χ0) is 67.7. The Bertz CT molecular complexity index is 2660. The summed E-state index contributed by atoms with van der Waals surface area (Å²) >= 11 is 0. The van der Waals surface area contributed by atoms with E-state index in [1.807, 2.05) is 32.0 Å². The monoisotopic (exact) mass is 1260 g/mol. The Kier molecular flexibility index (Phi) is 32.4. The first kappa shape index (κ1) is 77.1. The second-order valence-corrected chi connectivity index (χ2v) is 25.3. The van der Waals surface area contributed by atoms with Crippen LogP contribution in [0, 0.1) is 35.5 Å². The molecule has 504 valence electrons. The lowest BCUT2D eigenvalue weighted by Crippen LogP contribution is -2.60. The Labute approximate surface area is 533 Å². The number of likely N-dealkylation sites (tertiary alicyclic amines) is 1. The quantitative estimate of drug-likeness (QED) is 0.0361. The maximum absolute atomic E-state index is 14.8. The third-order valence-corrected chi connectivity index (χ3v) is 17.0. The Balaban J connectivity index is 1.70. The molecule has 2 unspecified atom stereocenters. The highest BCUT2D eigenvalue weighted by Gasteiger charge is 2.44. The molecule has 10 amide bonds. The smallest absolute Gasteiger partial charge is 0.410 e. The molecule has 1 aliphatic heterocycles. The summed E-state index contributed by atoms with van der Waals surface area (Å²) < 4.78 is 17.7. The molecule has 0 aliphatic carbocycles. The number of methoxy groups -OCH3 is 2. The van der Waals surface area contributed by atoms with E-state index in [9.17, 15) is 53.1 Å². The lowest BCUT2D eigenvalue weighted by atomic mass is 9.89. The average molecular weight is 1260 g/mol. The standard InChI is InChI=1S/C66H106N10O14/c1-17-42(10)57(51(88-15)36-53(79)76-35-23-27-49(76)59(89-16)43(11)60(81)69-44(12)58(80)46-24-19-18-20-25-46)74(13)64(85)55(40(6)7)73-63(84)56(41(8)9)75(14)66(87)90-37-45-30-32-47(33-31-45)70-61(82)48(26-22-34-68-65(67)86)71-62(83)54(39(4)5)72-52(78)29-21-28-50(77)38(2)3/h18-20,24-25,30-33,38-44,48-49,51,54-59,80H,17,21-23,26-29,34-37H2,1-16H3,(H,69,81)(H,70,82)(H,71,83)(H,72,78)(H,73,84)(H3,67,68,86)/t42-,43+,44+,48-,49-,51+,54-,55-,56?,57-,58?,59+/m0/s1. The summed E-state index contributed by atoms with van der Waals surface area (Å²) in [7, 11) is 6.09. The summed E-state index contributed by atoms with van der Waals surface area (Å²) in [6, 6.07) is 8.84. The molecular weight excluding hydrogens is 1160 g/mol. The number of rotatable bonds is 37. The van der Waals surface area contributed by atoms with E-state index in [0.29, 0.717) is 49.0 Å². The van der Waals surface area contributed by atoms with Crippen LogP contribution < -0.4 is 37.6 Å². The highest BCUT2D eigenvalue weighted by atomic mass is 16.6. The molecule has 24 heteroatoms. The van der Waals surface area contributed by atoms with Crippen molar-refractivity contribution in [1.82, 2.24) is 41.3 Å². The van der Waals surface area contributed by atoms with Crippen molar-refractivity contribution in [2.45, 2.75) is 208 Å². The Hall–Kier alpha value is -7.18. The number of nitrogens with zero attached hydrogens (tertiary/aromatic N) is 3. The third kappa shape index (κ3) is 23.2. The van der Waals surface area contributed by atoms with Crippen molar-refractivity contribution in [3.63, 3.8) is 0 Å². The molecule has 12 atom stereocenters. The van der Waals surface area contributed by atoms with Crippen molar-refractivity contribution in [2.75, 3.05) is 46.7 Å². The maximum atomic E-state index is 14.8. The van der Waals surface area contributed by atoms with Crippen LogP contribution >= 0.6 is 0 Å². The molecule has 0 spiro atoms. The number of carbonyl (C=O) groups is 10. The molecular formula is C66H106N10O14. The number of primary amides is 1. The number of carbonyl (C=O) groups excluding carboxylic acids is 10. The molecule has 1 saturated heterocycles. The van der Waals surface area contributed by atoms with Crippen LogP contribution in [0.2, 0.25) is 0 Å². The minimum atomic E-state index is -1.10. The third-order valence-electron chi connectivity index (χ3n) is 17.0. The number of likely N-dealkylation sites (N-methyl/N-ethyl adjacent to an activating group) is 2. The number of aliphatic hydroxyl groups is 1. The van der Waals surface area contributed by atoms with E-state index < -0.39 is 120 Å². The van der Waals surface area contributed by atoms with Crippen LogP contribution in [0.4, 0.5) is 15.3 Å². The van der Waals surface area contributed by atoms with Crippen LogP contribution in [0.15, 0.2) is 54.6 Å². The summed E-state index contributed by atoms with van der Waals surface area (Å²) in [5.74, 6) is -5.33. The van der Waals surface area contributed by atoms with Gasteiger partial charge in [0.25, 0.3) is 0 Å². The number of Topliss-reactive ketones (excluding diaryl/α,β-unsaturated/α-hetero) is 1. The van der Waals surface area contributed by atoms with Gasteiger partial charge in [0, 0.05) is 65.9 Å². The number of nitrogens with two attached hydrogens (primary N) is 1. The minimum Gasteiger partial charge on any atom is -0.445 e. The van der Waals surface area contributed by atoms with Gasteiger partial charge < -0.3 is 66.8 Å². The molecule has 1 fully saturated rings. The molecule has 0 bridgehead atoms. The van der Waals surface area contributed by atoms with Gasteiger partial charge in [-0.3, -0.25) is 43.3 Å². The van der Waals surface area contributed by atoms with Gasteiger partial charge in [0.05, 0.1) is 48.8 Å². The first-order chi connectivity index (χ1) is 42.4. The molecule has 2 aromatic carbocycles. The van der Waals surface area contributed by atoms with Gasteiger partial charge in [-0.15, -0.1) is 0 Å². The lowest BCUT2D eigenvalue weighted by Gasteiger charge is -2.41. The molecule has 0 saturated carbocycles. The number of anilines is 1. The summed E-state index contributed by atoms with van der Waals surface area (Å²) in [6.45, 7) is 22.0. The van der Waals surface area contributed by atoms with Gasteiger partial charge in [-0.1, -0.05) is 125 Å². The molecule has 0 aromatic heterocycles. The van der Waals surface area contributed by atoms with Crippen LogP contribution in [0.1, 0.15) is 158 Å².